The Morgan fingerprint density at radius 2 is 2.08 bits per heavy atom. The number of urea groups is 1. The highest BCUT2D eigenvalue weighted by molar-refractivity contribution is 7.99. The smallest absolute Gasteiger partial charge is 0.315 e. The standard InChI is InChI=1S/C20H30FN3OS/c1-15-6-11-24(12-7-15)10-3-2-9-22-20(25)23-18-8-13-26-19-5-4-16(21)14-17(18)19/h4-5,14-15,18H,2-3,6-13H2,1H3,(H2,22,23,25)/t18-/m1/s1. The number of amides is 2. The predicted molar refractivity (Wildman–Crippen MR) is 105 cm³/mol. The molecule has 2 amide bonds. The van der Waals surface area contributed by atoms with E-state index in [1.165, 1.54) is 32.0 Å². The van der Waals surface area contributed by atoms with E-state index in [2.05, 4.69) is 22.5 Å². The average Bonchev–Trinajstić information content (AvgIpc) is 2.63. The first-order valence-corrected chi connectivity index (χ1v) is 10.8. The maximum absolute atomic E-state index is 13.5. The molecule has 0 spiro atoms. The third-order valence-corrected chi connectivity index (χ3v) is 6.50. The molecule has 0 aromatic heterocycles. The molecular weight excluding hydrogens is 349 g/mol. The molecule has 1 fully saturated rings. The van der Waals surface area contributed by atoms with Crippen LogP contribution in [0.5, 0.6) is 0 Å². The largest absolute Gasteiger partial charge is 0.338 e. The Labute approximate surface area is 160 Å². The van der Waals surface area contributed by atoms with E-state index in [4.69, 9.17) is 0 Å². The van der Waals surface area contributed by atoms with E-state index >= 15 is 0 Å². The summed E-state index contributed by atoms with van der Waals surface area (Å²) in [4.78, 5) is 15.8. The Morgan fingerprint density at radius 3 is 2.88 bits per heavy atom. The summed E-state index contributed by atoms with van der Waals surface area (Å²) in [5, 5.41) is 5.96. The van der Waals surface area contributed by atoms with Crippen LogP contribution in [0.1, 0.15) is 50.6 Å². The van der Waals surface area contributed by atoms with Gasteiger partial charge in [0.1, 0.15) is 5.82 Å². The van der Waals surface area contributed by atoms with Crippen LogP contribution in [0.25, 0.3) is 0 Å². The summed E-state index contributed by atoms with van der Waals surface area (Å²) in [6.07, 6.45) is 5.56. The number of likely N-dealkylation sites (tertiary alicyclic amines) is 1. The van der Waals surface area contributed by atoms with Crippen molar-refractivity contribution < 1.29 is 9.18 Å². The molecule has 2 heterocycles. The van der Waals surface area contributed by atoms with Crippen LogP contribution >= 0.6 is 11.8 Å². The lowest BCUT2D eigenvalue weighted by atomic mass is 9.99. The van der Waals surface area contributed by atoms with Crippen molar-refractivity contribution in [3.8, 4) is 0 Å². The third-order valence-electron chi connectivity index (χ3n) is 5.38. The van der Waals surface area contributed by atoms with Crippen LogP contribution in [0.2, 0.25) is 0 Å². The first-order chi connectivity index (χ1) is 12.6. The summed E-state index contributed by atoms with van der Waals surface area (Å²) in [6.45, 7) is 6.57. The molecule has 144 valence electrons. The van der Waals surface area contributed by atoms with Gasteiger partial charge in [0.25, 0.3) is 0 Å². The Bertz CT molecular complexity index is 605. The maximum Gasteiger partial charge on any atom is 0.315 e. The maximum atomic E-state index is 13.5. The molecule has 2 aliphatic heterocycles. The van der Waals surface area contributed by atoms with E-state index in [0.29, 0.717) is 6.54 Å². The molecule has 0 radical (unpaired) electrons. The number of halogens is 1. The Morgan fingerprint density at radius 1 is 1.27 bits per heavy atom. The zero-order valence-corrected chi connectivity index (χ0v) is 16.4. The average molecular weight is 380 g/mol. The molecule has 4 nitrogen and oxygen atoms in total. The molecule has 0 unspecified atom stereocenters. The number of fused-ring (bicyclic) bond motifs is 1. The predicted octanol–water partition coefficient (Wildman–Crippen LogP) is 4.17. The number of hydrogen-bond donors (Lipinski definition) is 2. The zero-order valence-electron chi connectivity index (χ0n) is 15.6. The normalized spacial score (nSPS) is 21.2. The Hall–Kier alpha value is -1.27. The van der Waals surface area contributed by atoms with E-state index < -0.39 is 0 Å². The molecule has 0 saturated carbocycles. The number of thioether (sulfide) groups is 1. The first-order valence-electron chi connectivity index (χ1n) is 9.81. The van der Waals surface area contributed by atoms with Crippen molar-refractivity contribution in [2.45, 2.75) is 50.0 Å². The molecule has 1 aromatic carbocycles. The fourth-order valence-electron chi connectivity index (χ4n) is 3.67. The lowest BCUT2D eigenvalue weighted by Crippen LogP contribution is -2.39. The highest BCUT2D eigenvalue weighted by Crippen LogP contribution is 2.36. The van der Waals surface area contributed by atoms with E-state index in [1.54, 1.807) is 17.8 Å². The summed E-state index contributed by atoms with van der Waals surface area (Å²) in [6, 6.07) is 4.59. The van der Waals surface area contributed by atoms with Gasteiger partial charge in [-0.15, -0.1) is 11.8 Å². The van der Waals surface area contributed by atoms with Gasteiger partial charge in [0, 0.05) is 17.2 Å². The molecule has 0 bridgehead atoms. The van der Waals surface area contributed by atoms with Gasteiger partial charge in [0.15, 0.2) is 0 Å². The van der Waals surface area contributed by atoms with Crippen molar-refractivity contribution in [3.63, 3.8) is 0 Å². The minimum atomic E-state index is -0.245. The lowest BCUT2D eigenvalue weighted by molar-refractivity contribution is 0.189. The number of carbonyl (C=O) groups excluding carboxylic acids is 1. The van der Waals surface area contributed by atoms with Gasteiger partial charge in [0.2, 0.25) is 0 Å². The van der Waals surface area contributed by atoms with Gasteiger partial charge in [0.05, 0.1) is 6.04 Å². The number of nitrogens with zero attached hydrogens (tertiary/aromatic N) is 1. The van der Waals surface area contributed by atoms with Gasteiger partial charge < -0.3 is 15.5 Å². The van der Waals surface area contributed by atoms with Gasteiger partial charge in [-0.05, 0) is 81.4 Å². The lowest BCUT2D eigenvalue weighted by Gasteiger charge is -2.30. The molecule has 26 heavy (non-hydrogen) atoms. The highest BCUT2D eigenvalue weighted by Gasteiger charge is 2.22. The zero-order chi connectivity index (χ0) is 18.4. The van der Waals surface area contributed by atoms with Gasteiger partial charge in [-0.25, -0.2) is 9.18 Å². The summed E-state index contributed by atoms with van der Waals surface area (Å²) < 4.78 is 13.5. The van der Waals surface area contributed by atoms with Crippen LogP contribution in [-0.4, -0.2) is 42.9 Å². The molecule has 1 aromatic rings. The topological polar surface area (TPSA) is 44.4 Å². The van der Waals surface area contributed by atoms with Crippen molar-refractivity contribution in [3.05, 3.63) is 29.6 Å². The van der Waals surface area contributed by atoms with Crippen molar-refractivity contribution in [2.75, 3.05) is 31.9 Å². The molecule has 0 aliphatic carbocycles. The number of carbonyl (C=O) groups is 1. The Kier molecular flexibility index (Phi) is 7.20. The van der Waals surface area contributed by atoms with Crippen molar-refractivity contribution in [1.82, 2.24) is 15.5 Å². The second-order valence-electron chi connectivity index (χ2n) is 7.50. The summed E-state index contributed by atoms with van der Waals surface area (Å²) in [5.41, 5.74) is 0.899. The van der Waals surface area contributed by atoms with Gasteiger partial charge in [-0.2, -0.15) is 0 Å². The van der Waals surface area contributed by atoms with E-state index in [9.17, 15) is 9.18 Å². The quantitative estimate of drug-likeness (QED) is 0.729. The SMILES string of the molecule is CC1CCN(CCCCNC(=O)N[C@@H]2CCSc3ccc(F)cc32)CC1. The molecule has 3 rings (SSSR count). The fraction of sp³-hybridized carbons (Fsp3) is 0.650. The summed E-state index contributed by atoms with van der Waals surface area (Å²) >= 11 is 1.72. The number of benzene rings is 1. The van der Waals surface area contributed by atoms with Crippen molar-refractivity contribution >= 4 is 17.8 Å². The number of nitrogens with one attached hydrogen (secondary N) is 2. The molecule has 6 heteroatoms. The first kappa shape index (κ1) is 19.5. The van der Waals surface area contributed by atoms with E-state index in [0.717, 1.165) is 47.9 Å². The molecule has 2 N–H and O–H groups in total. The second-order valence-corrected chi connectivity index (χ2v) is 8.64. The van der Waals surface area contributed by atoms with Crippen LogP contribution in [-0.2, 0) is 0 Å². The summed E-state index contributed by atoms with van der Waals surface area (Å²) in [7, 11) is 0. The van der Waals surface area contributed by atoms with Crippen LogP contribution in [0.15, 0.2) is 23.1 Å². The fourth-order valence-corrected chi connectivity index (χ4v) is 4.78. The van der Waals surface area contributed by atoms with Crippen LogP contribution in [0.4, 0.5) is 9.18 Å². The molecule has 1 saturated heterocycles. The molecular formula is C20H30FN3OS. The highest BCUT2D eigenvalue weighted by atomic mass is 32.2. The summed E-state index contributed by atoms with van der Waals surface area (Å²) in [5.74, 6) is 1.57. The van der Waals surface area contributed by atoms with E-state index in [1.807, 2.05) is 6.07 Å². The minimum Gasteiger partial charge on any atom is -0.338 e. The van der Waals surface area contributed by atoms with Crippen LogP contribution < -0.4 is 10.6 Å². The molecule has 2 aliphatic rings. The minimum absolute atomic E-state index is 0.0997. The Balaban J connectivity index is 1.34. The number of unbranched alkanes of at least 4 members (excludes halogenated alkanes) is 1. The van der Waals surface area contributed by atoms with Crippen molar-refractivity contribution in [1.29, 1.82) is 0 Å². The van der Waals surface area contributed by atoms with Crippen LogP contribution in [0, 0.1) is 11.7 Å². The second kappa shape index (κ2) is 9.60. The van der Waals surface area contributed by atoms with Gasteiger partial charge >= 0.3 is 6.03 Å². The van der Waals surface area contributed by atoms with E-state index in [-0.39, 0.29) is 17.9 Å². The van der Waals surface area contributed by atoms with Gasteiger partial charge in [-0.1, -0.05) is 6.92 Å². The number of hydrogen-bond acceptors (Lipinski definition) is 3. The number of piperidine rings is 1. The van der Waals surface area contributed by atoms with Gasteiger partial charge in [-0.3, -0.25) is 0 Å². The monoisotopic (exact) mass is 379 g/mol. The van der Waals surface area contributed by atoms with Crippen molar-refractivity contribution in [2.24, 2.45) is 5.92 Å². The third kappa shape index (κ3) is 5.61. The number of rotatable bonds is 6. The molecule has 1 atom stereocenters. The van der Waals surface area contributed by atoms with Crippen LogP contribution in [0.3, 0.4) is 0 Å².